The minimum atomic E-state index is -4.77. The molecule has 28 heavy (non-hydrogen) atoms. The Morgan fingerprint density at radius 1 is 1.14 bits per heavy atom. The van der Waals surface area contributed by atoms with Crippen LogP contribution in [-0.2, 0) is 20.5 Å². The van der Waals surface area contributed by atoms with E-state index in [1.165, 1.54) is 6.08 Å². The topological polar surface area (TPSA) is 98.5 Å². The number of ether oxygens (including phenoxy) is 1. The van der Waals surface area contributed by atoms with Gasteiger partial charge in [-0.2, -0.15) is 13.2 Å². The quantitative estimate of drug-likeness (QED) is 0.348. The van der Waals surface area contributed by atoms with E-state index in [2.05, 4.69) is 10.1 Å². The van der Waals surface area contributed by atoms with Gasteiger partial charge in [0, 0.05) is 12.1 Å². The molecule has 7 nitrogen and oxygen atoms in total. The lowest BCUT2D eigenvalue weighted by Gasteiger charge is -2.10. The number of nitrogens with one attached hydrogen (secondary N) is 1. The molecule has 0 fully saturated rings. The maximum absolute atomic E-state index is 12.7. The molecule has 10 heteroatoms. The minimum Gasteiger partial charge on any atom is -0.452 e. The molecule has 2 rings (SSSR count). The van der Waals surface area contributed by atoms with Crippen LogP contribution in [0.5, 0.6) is 0 Å². The molecule has 0 saturated carbocycles. The second-order valence-corrected chi connectivity index (χ2v) is 5.39. The summed E-state index contributed by atoms with van der Waals surface area (Å²) in [4.78, 5) is 33.3. The zero-order valence-electron chi connectivity index (χ0n) is 14.1. The van der Waals surface area contributed by atoms with E-state index < -0.39 is 46.5 Å². The van der Waals surface area contributed by atoms with Crippen molar-refractivity contribution in [3.05, 3.63) is 75.8 Å². The van der Waals surface area contributed by atoms with Gasteiger partial charge in [0.1, 0.15) is 5.69 Å². The Balaban J connectivity index is 1.98. The Bertz CT molecular complexity index is 911. The van der Waals surface area contributed by atoms with Gasteiger partial charge in [0.25, 0.3) is 11.6 Å². The molecule has 146 valence electrons. The zero-order chi connectivity index (χ0) is 20.7. The third-order valence-corrected chi connectivity index (χ3v) is 3.35. The van der Waals surface area contributed by atoms with Gasteiger partial charge in [0.2, 0.25) is 0 Å². The second-order valence-electron chi connectivity index (χ2n) is 5.39. The van der Waals surface area contributed by atoms with Crippen molar-refractivity contribution in [3.8, 4) is 0 Å². The number of hydrogen-bond donors (Lipinski definition) is 1. The number of esters is 1. The van der Waals surface area contributed by atoms with Crippen LogP contribution >= 0.6 is 0 Å². The molecule has 0 aliphatic rings. The Labute approximate surface area is 156 Å². The van der Waals surface area contributed by atoms with E-state index in [4.69, 9.17) is 0 Å². The van der Waals surface area contributed by atoms with Crippen molar-refractivity contribution in [2.75, 3.05) is 11.9 Å². The summed E-state index contributed by atoms with van der Waals surface area (Å²) < 4.78 is 42.7. The number of benzene rings is 2. The molecule has 0 aromatic heterocycles. The number of hydrogen-bond acceptors (Lipinski definition) is 5. The molecular weight excluding hydrogens is 381 g/mol. The SMILES string of the molecule is O=C(COC(=O)/C=C/c1ccccc1)Nc1ccc(C(F)(F)F)cc1[N+](=O)[O-]. The number of anilines is 1. The third kappa shape index (κ3) is 5.94. The number of nitro groups is 1. The van der Waals surface area contributed by atoms with Crippen molar-refractivity contribution in [2.24, 2.45) is 0 Å². The first-order valence-corrected chi connectivity index (χ1v) is 7.72. The van der Waals surface area contributed by atoms with Crippen molar-refractivity contribution in [2.45, 2.75) is 6.18 Å². The molecule has 1 N–H and O–H groups in total. The number of alkyl halides is 3. The van der Waals surface area contributed by atoms with E-state index in [-0.39, 0.29) is 0 Å². The number of halogens is 3. The maximum Gasteiger partial charge on any atom is 0.416 e. The Kier molecular flexibility index (Phi) is 6.48. The summed E-state index contributed by atoms with van der Waals surface area (Å²) in [6.07, 6.45) is -2.22. The molecule has 2 aromatic carbocycles. The summed E-state index contributed by atoms with van der Waals surface area (Å²) >= 11 is 0. The molecule has 2 aromatic rings. The lowest BCUT2D eigenvalue weighted by Crippen LogP contribution is -2.21. The molecule has 0 aliphatic carbocycles. The Hall–Kier alpha value is -3.69. The smallest absolute Gasteiger partial charge is 0.416 e. The van der Waals surface area contributed by atoms with Crippen molar-refractivity contribution in [3.63, 3.8) is 0 Å². The fourth-order valence-electron chi connectivity index (χ4n) is 2.06. The Morgan fingerprint density at radius 2 is 1.82 bits per heavy atom. The van der Waals surface area contributed by atoms with Gasteiger partial charge in [-0.05, 0) is 23.8 Å². The van der Waals surface area contributed by atoms with E-state index in [1.807, 2.05) is 0 Å². The molecule has 0 aliphatic heterocycles. The molecular formula is C18H13F3N2O5. The van der Waals surface area contributed by atoms with Gasteiger partial charge in [0.05, 0.1) is 10.5 Å². The highest BCUT2D eigenvalue weighted by Gasteiger charge is 2.33. The summed E-state index contributed by atoms with van der Waals surface area (Å²) in [6.45, 7) is -0.768. The summed E-state index contributed by atoms with van der Waals surface area (Å²) in [5.74, 6) is -1.77. The van der Waals surface area contributed by atoms with Crippen molar-refractivity contribution in [1.29, 1.82) is 0 Å². The van der Waals surface area contributed by atoms with Gasteiger partial charge in [-0.3, -0.25) is 14.9 Å². The van der Waals surface area contributed by atoms with Crippen LogP contribution in [0.3, 0.4) is 0 Å². The van der Waals surface area contributed by atoms with Crippen LogP contribution in [0, 0.1) is 10.1 Å². The van der Waals surface area contributed by atoms with E-state index in [0.29, 0.717) is 12.1 Å². The molecule has 0 spiro atoms. The number of amides is 1. The molecule has 1 amide bonds. The second kappa shape index (κ2) is 8.80. The Morgan fingerprint density at radius 3 is 2.43 bits per heavy atom. The van der Waals surface area contributed by atoms with Crippen LogP contribution in [-0.4, -0.2) is 23.4 Å². The lowest BCUT2D eigenvalue weighted by molar-refractivity contribution is -0.384. The maximum atomic E-state index is 12.7. The predicted molar refractivity (Wildman–Crippen MR) is 93.2 cm³/mol. The fourth-order valence-corrected chi connectivity index (χ4v) is 2.06. The van der Waals surface area contributed by atoms with Crippen molar-refractivity contribution < 1.29 is 32.4 Å². The summed E-state index contributed by atoms with van der Waals surface area (Å²) in [5, 5.41) is 13.0. The number of nitrogens with zero attached hydrogens (tertiary/aromatic N) is 1. The van der Waals surface area contributed by atoms with E-state index in [0.717, 1.165) is 17.7 Å². The molecule has 0 saturated heterocycles. The minimum absolute atomic E-state index is 0.310. The number of carbonyl (C=O) groups is 2. The standard InChI is InChI=1S/C18H13F3N2O5/c19-18(20,21)13-7-8-14(15(10-13)23(26)27)22-16(24)11-28-17(25)9-6-12-4-2-1-3-5-12/h1-10H,11H2,(H,22,24)/b9-6+. The molecule has 0 unspecified atom stereocenters. The van der Waals surface area contributed by atoms with Crippen LogP contribution in [0.25, 0.3) is 6.08 Å². The first kappa shape index (κ1) is 20.6. The van der Waals surface area contributed by atoms with E-state index in [9.17, 15) is 32.9 Å². The van der Waals surface area contributed by atoms with Gasteiger partial charge < -0.3 is 10.1 Å². The first-order valence-electron chi connectivity index (χ1n) is 7.72. The van der Waals surface area contributed by atoms with Gasteiger partial charge in [-0.1, -0.05) is 30.3 Å². The van der Waals surface area contributed by atoms with E-state index in [1.54, 1.807) is 30.3 Å². The van der Waals surface area contributed by atoms with Crippen LogP contribution in [0.1, 0.15) is 11.1 Å². The molecule has 0 bridgehead atoms. The van der Waals surface area contributed by atoms with Crippen molar-refractivity contribution >= 4 is 29.3 Å². The average Bonchev–Trinajstić information content (AvgIpc) is 2.64. The van der Waals surface area contributed by atoms with Crippen molar-refractivity contribution in [1.82, 2.24) is 0 Å². The van der Waals surface area contributed by atoms with Crippen LogP contribution in [0.4, 0.5) is 24.5 Å². The van der Waals surface area contributed by atoms with Gasteiger partial charge >= 0.3 is 12.1 Å². The predicted octanol–water partition coefficient (Wildman–Crippen LogP) is 3.81. The molecule has 0 radical (unpaired) electrons. The van der Waals surface area contributed by atoms with Gasteiger partial charge in [0.15, 0.2) is 6.61 Å². The van der Waals surface area contributed by atoms with E-state index >= 15 is 0 Å². The largest absolute Gasteiger partial charge is 0.452 e. The molecule has 0 heterocycles. The summed E-state index contributed by atoms with van der Waals surface area (Å²) in [6, 6.07) is 10.4. The highest BCUT2D eigenvalue weighted by atomic mass is 19.4. The fraction of sp³-hybridized carbons (Fsp3) is 0.111. The average molecular weight is 394 g/mol. The molecule has 0 atom stereocenters. The first-order chi connectivity index (χ1) is 13.2. The highest BCUT2D eigenvalue weighted by molar-refractivity contribution is 5.96. The van der Waals surface area contributed by atoms with Crippen LogP contribution < -0.4 is 5.32 Å². The lowest BCUT2D eigenvalue weighted by atomic mass is 10.1. The normalized spacial score (nSPS) is 11.2. The summed E-state index contributed by atoms with van der Waals surface area (Å²) in [5.41, 5.74) is -1.88. The summed E-state index contributed by atoms with van der Waals surface area (Å²) in [7, 11) is 0. The monoisotopic (exact) mass is 394 g/mol. The number of carbonyl (C=O) groups excluding carboxylic acids is 2. The van der Waals surface area contributed by atoms with Gasteiger partial charge in [-0.15, -0.1) is 0 Å². The van der Waals surface area contributed by atoms with Crippen LogP contribution in [0.2, 0.25) is 0 Å². The van der Waals surface area contributed by atoms with Gasteiger partial charge in [-0.25, -0.2) is 4.79 Å². The van der Waals surface area contributed by atoms with Crippen LogP contribution in [0.15, 0.2) is 54.6 Å². The zero-order valence-corrected chi connectivity index (χ0v) is 14.1. The third-order valence-electron chi connectivity index (χ3n) is 3.35. The number of nitro benzene ring substituents is 1. The number of rotatable bonds is 6. The highest BCUT2D eigenvalue weighted by Crippen LogP contribution is 2.34.